The first-order valence-electron chi connectivity index (χ1n) is 9.70. The average Bonchev–Trinajstić information content (AvgIpc) is 3.21. The number of hydrogen-bond acceptors (Lipinski definition) is 7. The van der Waals surface area contributed by atoms with Crippen molar-refractivity contribution < 1.29 is 9.59 Å². The van der Waals surface area contributed by atoms with Crippen LogP contribution in [-0.4, -0.2) is 57.8 Å². The third kappa shape index (κ3) is 4.80. The highest BCUT2D eigenvalue weighted by atomic mass is 32.1. The molecule has 2 amide bonds. The molecular formula is C21H22N6O2S. The van der Waals surface area contributed by atoms with Crippen LogP contribution in [0.4, 0.5) is 10.8 Å². The molecule has 1 fully saturated rings. The van der Waals surface area contributed by atoms with E-state index in [1.54, 1.807) is 11.4 Å². The lowest BCUT2D eigenvalue weighted by Crippen LogP contribution is -2.49. The van der Waals surface area contributed by atoms with Gasteiger partial charge in [0.1, 0.15) is 0 Å². The van der Waals surface area contributed by atoms with Crippen LogP contribution in [0.5, 0.6) is 0 Å². The van der Waals surface area contributed by atoms with Crippen molar-refractivity contribution in [3.05, 3.63) is 65.2 Å². The molecular weight excluding hydrogens is 400 g/mol. The molecule has 8 nitrogen and oxygen atoms in total. The molecule has 0 spiro atoms. The second kappa shape index (κ2) is 9.00. The Morgan fingerprint density at radius 1 is 1.10 bits per heavy atom. The largest absolute Gasteiger partial charge is 0.368 e. The standard InChI is InChI=1S/C21H22N6O2S/c1-15-4-2-5-17(12-15)26-8-10-27(11-9-26)18(28)13-16-14-30-21(24-16)25-20(29)19-22-6-3-7-23-19/h2-7,12,14H,8-11,13H2,1H3,(H,24,25,29). The van der Waals surface area contributed by atoms with Crippen molar-refractivity contribution >= 4 is 34.0 Å². The van der Waals surface area contributed by atoms with E-state index >= 15 is 0 Å². The second-order valence-electron chi connectivity index (χ2n) is 7.05. The normalized spacial score (nSPS) is 13.9. The van der Waals surface area contributed by atoms with Gasteiger partial charge < -0.3 is 9.80 Å². The summed E-state index contributed by atoms with van der Waals surface area (Å²) >= 11 is 1.28. The Morgan fingerprint density at radius 2 is 1.87 bits per heavy atom. The highest BCUT2D eigenvalue weighted by Gasteiger charge is 2.22. The summed E-state index contributed by atoms with van der Waals surface area (Å²) in [5.41, 5.74) is 3.08. The van der Waals surface area contributed by atoms with Crippen LogP contribution in [0, 0.1) is 6.92 Å². The smallest absolute Gasteiger partial charge is 0.295 e. The highest BCUT2D eigenvalue weighted by molar-refractivity contribution is 7.14. The number of benzene rings is 1. The lowest BCUT2D eigenvalue weighted by molar-refractivity contribution is -0.130. The number of nitrogens with zero attached hydrogens (tertiary/aromatic N) is 5. The zero-order valence-electron chi connectivity index (χ0n) is 16.6. The fraction of sp³-hybridized carbons (Fsp3) is 0.286. The Balaban J connectivity index is 1.29. The van der Waals surface area contributed by atoms with Crippen LogP contribution in [0.1, 0.15) is 21.9 Å². The number of rotatable bonds is 5. The number of piperazine rings is 1. The summed E-state index contributed by atoms with van der Waals surface area (Å²) in [5, 5.41) is 4.90. The van der Waals surface area contributed by atoms with Crippen molar-refractivity contribution in [2.45, 2.75) is 13.3 Å². The minimum Gasteiger partial charge on any atom is -0.368 e. The fourth-order valence-electron chi connectivity index (χ4n) is 3.32. The van der Waals surface area contributed by atoms with Crippen molar-refractivity contribution in [1.29, 1.82) is 0 Å². The molecule has 1 saturated heterocycles. The monoisotopic (exact) mass is 422 g/mol. The van der Waals surface area contributed by atoms with Gasteiger partial charge in [-0.15, -0.1) is 11.3 Å². The maximum absolute atomic E-state index is 12.7. The van der Waals surface area contributed by atoms with Gasteiger partial charge in [0.25, 0.3) is 5.91 Å². The predicted octanol–water partition coefficient (Wildman–Crippen LogP) is 2.39. The number of nitrogens with one attached hydrogen (secondary N) is 1. The average molecular weight is 423 g/mol. The zero-order valence-corrected chi connectivity index (χ0v) is 17.4. The van der Waals surface area contributed by atoms with Crippen LogP contribution < -0.4 is 10.2 Å². The van der Waals surface area contributed by atoms with Crippen LogP contribution in [0.2, 0.25) is 0 Å². The number of amides is 2. The first-order valence-corrected chi connectivity index (χ1v) is 10.6. The number of aromatic nitrogens is 3. The molecule has 3 aromatic rings. The molecule has 30 heavy (non-hydrogen) atoms. The molecule has 1 N–H and O–H groups in total. The van der Waals surface area contributed by atoms with Gasteiger partial charge in [0.05, 0.1) is 12.1 Å². The summed E-state index contributed by atoms with van der Waals surface area (Å²) in [6, 6.07) is 10.1. The van der Waals surface area contributed by atoms with E-state index in [2.05, 4.69) is 56.4 Å². The molecule has 1 aromatic carbocycles. The van der Waals surface area contributed by atoms with Crippen molar-refractivity contribution in [2.24, 2.45) is 0 Å². The highest BCUT2D eigenvalue weighted by Crippen LogP contribution is 2.20. The number of carbonyl (C=O) groups is 2. The maximum Gasteiger partial charge on any atom is 0.295 e. The van der Waals surface area contributed by atoms with Crippen LogP contribution in [0.25, 0.3) is 0 Å². The van der Waals surface area contributed by atoms with E-state index in [1.807, 2.05) is 4.90 Å². The first-order chi connectivity index (χ1) is 14.6. The summed E-state index contributed by atoms with van der Waals surface area (Å²) < 4.78 is 0. The predicted molar refractivity (Wildman–Crippen MR) is 116 cm³/mol. The van der Waals surface area contributed by atoms with Gasteiger partial charge in [0, 0.05) is 49.6 Å². The Labute approximate surface area is 178 Å². The zero-order chi connectivity index (χ0) is 20.9. The van der Waals surface area contributed by atoms with Gasteiger partial charge in [0.2, 0.25) is 11.7 Å². The molecule has 3 heterocycles. The molecule has 9 heteroatoms. The quantitative estimate of drug-likeness (QED) is 0.679. The summed E-state index contributed by atoms with van der Waals surface area (Å²) in [6.07, 6.45) is 3.23. The van der Waals surface area contributed by atoms with Gasteiger partial charge in [-0.1, -0.05) is 12.1 Å². The Hall–Kier alpha value is -3.33. The van der Waals surface area contributed by atoms with Gasteiger partial charge >= 0.3 is 0 Å². The number of thiazole rings is 1. The topological polar surface area (TPSA) is 91.3 Å². The molecule has 0 atom stereocenters. The third-order valence-corrected chi connectivity index (χ3v) is 5.68. The van der Waals surface area contributed by atoms with Crippen LogP contribution >= 0.6 is 11.3 Å². The summed E-state index contributed by atoms with van der Waals surface area (Å²) in [4.78, 5) is 41.2. The number of carbonyl (C=O) groups excluding carboxylic acids is 2. The molecule has 1 aliphatic heterocycles. The number of anilines is 2. The van der Waals surface area contributed by atoms with Gasteiger partial charge in [-0.3, -0.25) is 14.9 Å². The van der Waals surface area contributed by atoms with Gasteiger partial charge in [-0.2, -0.15) is 0 Å². The summed E-state index contributed by atoms with van der Waals surface area (Å²) in [5.74, 6) is -0.291. The molecule has 0 bridgehead atoms. The van der Waals surface area contributed by atoms with Crippen molar-refractivity contribution in [3.63, 3.8) is 0 Å². The van der Waals surface area contributed by atoms with Gasteiger partial charge in [-0.25, -0.2) is 15.0 Å². The molecule has 0 saturated carbocycles. The van der Waals surface area contributed by atoms with E-state index in [-0.39, 0.29) is 18.2 Å². The molecule has 0 radical (unpaired) electrons. The van der Waals surface area contributed by atoms with Crippen LogP contribution in [-0.2, 0) is 11.2 Å². The molecule has 4 rings (SSSR count). The Kier molecular flexibility index (Phi) is 5.99. The Morgan fingerprint density at radius 3 is 2.60 bits per heavy atom. The van der Waals surface area contributed by atoms with E-state index in [4.69, 9.17) is 0 Å². The molecule has 0 aliphatic carbocycles. The number of hydrogen-bond donors (Lipinski definition) is 1. The lowest BCUT2D eigenvalue weighted by Gasteiger charge is -2.36. The summed E-state index contributed by atoms with van der Waals surface area (Å²) in [7, 11) is 0. The molecule has 2 aromatic heterocycles. The SMILES string of the molecule is Cc1cccc(N2CCN(C(=O)Cc3csc(NC(=O)c4ncccn4)n3)CC2)c1. The second-order valence-corrected chi connectivity index (χ2v) is 7.91. The van der Waals surface area contributed by atoms with E-state index in [0.717, 1.165) is 13.1 Å². The van der Waals surface area contributed by atoms with Crippen LogP contribution in [0.15, 0.2) is 48.1 Å². The minimum atomic E-state index is -0.421. The van der Waals surface area contributed by atoms with Gasteiger partial charge in [-0.05, 0) is 30.7 Å². The molecule has 1 aliphatic rings. The van der Waals surface area contributed by atoms with E-state index in [0.29, 0.717) is 23.9 Å². The molecule has 0 unspecified atom stereocenters. The van der Waals surface area contributed by atoms with Crippen molar-refractivity contribution in [3.8, 4) is 0 Å². The van der Waals surface area contributed by atoms with Gasteiger partial charge in [0.15, 0.2) is 5.13 Å². The maximum atomic E-state index is 12.7. The van der Waals surface area contributed by atoms with Crippen molar-refractivity contribution in [2.75, 3.05) is 36.4 Å². The lowest BCUT2D eigenvalue weighted by atomic mass is 10.2. The van der Waals surface area contributed by atoms with E-state index in [1.165, 1.54) is 35.0 Å². The third-order valence-electron chi connectivity index (χ3n) is 4.87. The fourth-order valence-corrected chi connectivity index (χ4v) is 4.03. The van der Waals surface area contributed by atoms with Crippen molar-refractivity contribution in [1.82, 2.24) is 19.9 Å². The first kappa shape index (κ1) is 20.0. The molecule has 154 valence electrons. The Bertz CT molecular complexity index is 1030. The number of aryl methyl sites for hydroxylation is 1. The van der Waals surface area contributed by atoms with E-state index in [9.17, 15) is 9.59 Å². The van der Waals surface area contributed by atoms with E-state index < -0.39 is 5.91 Å². The summed E-state index contributed by atoms with van der Waals surface area (Å²) in [6.45, 7) is 5.08. The minimum absolute atomic E-state index is 0.0495. The van der Waals surface area contributed by atoms with Crippen LogP contribution in [0.3, 0.4) is 0 Å².